The number of hydrogen-bond donors (Lipinski definition) is 1. The molecule has 0 saturated heterocycles. The molecule has 2 unspecified atom stereocenters. The van der Waals surface area contributed by atoms with Crippen LogP contribution >= 0.6 is 0 Å². The Morgan fingerprint density at radius 1 is 1.35 bits per heavy atom. The first-order chi connectivity index (χ1) is 8.20. The Bertz CT molecular complexity index is 268. The number of ether oxygens (including phenoxy) is 1. The minimum atomic E-state index is -0.320. The Balaban J connectivity index is 1.85. The summed E-state index contributed by atoms with van der Waals surface area (Å²) in [6.07, 6.45) is 8.93. The van der Waals surface area contributed by atoms with Gasteiger partial charge in [0.2, 0.25) is 0 Å². The second-order valence-corrected chi connectivity index (χ2v) is 5.81. The smallest absolute Gasteiger partial charge is 0.313 e. The van der Waals surface area contributed by atoms with E-state index in [-0.39, 0.29) is 17.5 Å². The third-order valence-corrected chi connectivity index (χ3v) is 4.72. The Hall–Kier alpha value is -0.570. The highest BCUT2D eigenvalue weighted by molar-refractivity contribution is 5.78. The molecule has 2 rings (SSSR count). The largest absolute Gasteiger partial charge is 0.462 e. The summed E-state index contributed by atoms with van der Waals surface area (Å²) in [4.78, 5) is 12.1. The molecule has 2 N–H and O–H groups in total. The van der Waals surface area contributed by atoms with E-state index in [1.165, 1.54) is 19.3 Å². The van der Waals surface area contributed by atoms with Gasteiger partial charge >= 0.3 is 5.97 Å². The van der Waals surface area contributed by atoms with Crippen LogP contribution in [0.2, 0.25) is 0 Å². The van der Waals surface area contributed by atoms with Crippen LogP contribution in [-0.2, 0) is 9.53 Å². The van der Waals surface area contributed by atoms with E-state index in [2.05, 4.69) is 6.92 Å². The molecule has 0 aromatic carbocycles. The van der Waals surface area contributed by atoms with E-state index in [0.29, 0.717) is 6.54 Å². The van der Waals surface area contributed by atoms with Gasteiger partial charge in [-0.05, 0) is 38.0 Å². The summed E-state index contributed by atoms with van der Waals surface area (Å²) >= 11 is 0. The average molecular weight is 239 g/mol. The fourth-order valence-electron chi connectivity index (χ4n) is 3.09. The van der Waals surface area contributed by atoms with E-state index in [4.69, 9.17) is 10.5 Å². The molecule has 2 saturated carbocycles. The Morgan fingerprint density at radius 2 is 2.12 bits per heavy atom. The molecule has 3 nitrogen and oxygen atoms in total. The number of nitrogens with two attached hydrogens (primary N) is 1. The quantitative estimate of drug-likeness (QED) is 0.767. The Morgan fingerprint density at radius 3 is 2.65 bits per heavy atom. The van der Waals surface area contributed by atoms with Gasteiger partial charge in [0, 0.05) is 6.54 Å². The average Bonchev–Trinajstić information content (AvgIpc) is 2.28. The maximum atomic E-state index is 12.1. The van der Waals surface area contributed by atoms with Crippen molar-refractivity contribution in [3.05, 3.63) is 0 Å². The molecule has 0 amide bonds. The second kappa shape index (κ2) is 5.38. The molecule has 2 aliphatic carbocycles. The van der Waals surface area contributed by atoms with E-state index >= 15 is 0 Å². The van der Waals surface area contributed by atoms with Crippen molar-refractivity contribution in [3.8, 4) is 0 Å². The maximum absolute atomic E-state index is 12.1. The first-order valence-electron chi connectivity index (χ1n) is 7.11. The van der Waals surface area contributed by atoms with Crippen LogP contribution in [0.1, 0.15) is 58.3 Å². The summed E-state index contributed by atoms with van der Waals surface area (Å²) in [6.45, 7) is 2.68. The molecule has 0 bridgehead atoms. The van der Waals surface area contributed by atoms with Crippen LogP contribution in [0, 0.1) is 11.3 Å². The van der Waals surface area contributed by atoms with E-state index in [1.807, 2.05) is 0 Å². The molecular formula is C14H25NO2. The highest BCUT2D eigenvalue weighted by Crippen LogP contribution is 2.42. The van der Waals surface area contributed by atoms with Gasteiger partial charge in [0.25, 0.3) is 0 Å². The van der Waals surface area contributed by atoms with Crippen LogP contribution in [0.4, 0.5) is 0 Å². The number of rotatable bonds is 4. The molecule has 0 heterocycles. The van der Waals surface area contributed by atoms with Gasteiger partial charge in [-0.2, -0.15) is 0 Å². The van der Waals surface area contributed by atoms with Crippen molar-refractivity contribution in [1.29, 1.82) is 0 Å². The molecule has 0 aliphatic heterocycles. The predicted octanol–water partition coefficient (Wildman–Crippen LogP) is 2.63. The lowest BCUT2D eigenvalue weighted by Crippen LogP contribution is -2.46. The van der Waals surface area contributed by atoms with Crippen LogP contribution in [-0.4, -0.2) is 18.6 Å². The van der Waals surface area contributed by atoms with E-state index in [9.17, 15) is 4.79 Å². The molecule has 2 fully saturated rings. The Kier molecular flexibility index (Phi) is 4.08. The minimum Gasteiger partial charge on any atom is -0.462 e. The van der Waals surface area contributed by atoms with Gasteiger partial charge in [-0.15, -0.1) is 0 Å². The fourth-order valence-corrected chi connectivity index (χ4v) is 3.09. The Labute approximate surface area is 104 Å². The summed E-state index contributed by atoms with van der Waals surface area (Å²) in [7, 11) is 0. The molecule has 17 heavy (non-hydrogen) atoms. The van der Waals surface area contributed by atoms with Gasteiger partial charge in [0.1, 0.15) is 6.10 Å². The fraction of sp³-hybridized carbons (Fsp3) is 0.929. The molecule has 98 valence electrons. The summed E-state index contributed by atoms with van der Waals surface area (Å²) in [5.41, 5.74) is 5.41. The summed E-state index contributed by atoms with van der Waals surface area (Å²) < 4.78 is 5.70. The third-order valence-electron chi connectivity index (χ3n) is 4.72. The number of carbonyl (C=O) groups is 1. The zero-order valence-electron chi connectivity index (χ0n) is 10.9. The molecular weight excluding hydrogens is 214 g/mol. The normalized spacial score (nSPS) is 31.6. The minimum absolute atomic E-state index is 0.0204. The summed E-state index contributed by atoms with van der Waals surface area (Å²) in [5.74, 6) is 0.727. The topological polar surface area (TPSA) is 52.3 Å². The van der Waals surface area contributed by atoms with Gasteiger partial charge in [-0.25, -0.2) is 0 Å². The zero-order valence-corrected chi connectivity index (χ0v) is 10.9. The third kappa shape index (κ3) is 2.65. The number of hydrogen-bond acceptors (Lipinski definition) is 3. The highest BCUT2D eigenvalue weighted by atomic mass is 16.5. The summed E-state index contributed by atoms with van der Waals surface area (Å²) in [6, 6.07) is 0. The number of carbonyl (C=O) groups excluding carboxylic acids is 1. The van der Waals surface area contributed by atoms with Crippen molar-refractivity contribution >= 4 is 5.97 Å². The molecule has 3 heteroatoms. The van der Waals surface area contributed by atoms with E-state index in [1.54, 1.807) is 0 Å². The monoisotopic (exact) mass is 239 g/mol. The molecule has 0 spiro atoms. The van der Waals surface area contributed by atoms with Gasteiger partial charge in [-0.1, -0.05) is 26.2 Å². The zero-order chi connectivity index (χ0) is 12.3. The van der Waals surface area contributed by atoms with Crippen LogP contribution < -0.4 is 5.73 Å². The van der Waals surface area contributed by atoms with Crippen molar-refractivity contribution in [2.45, 2.75) is 64.4 Å². The van der Waals surface area contributed by atoms with Crippen molar-refractivity contribution < 1.29 is 9.53 Å². The van der Waals surface area contributed by atoms with E-state index in [0.717, 1.165) is 38.0 Å². The molecule has 2 atom stereocenters. The highest BCUT2D eigenvalue weighted by Gasteiger charge is 2.45. The van der Waals surface area contributed by atoms with Crippen LogP contribution in [0.15, 0.2) is 0 Å². The maximum Gasteiger partial charge on any atom is 0.313 e. The van der Waals surface area contributed by atoms with Gasteiger partial charge in [-0.3, -0.25) is 4.79 Å². The lowest BCUT2D eigenvalue weighted by Gasteiger charge is -2.40. The first-order valence-corrected chi connectivity index (χ1v) is 7.11. The predicted molar refractivity (Wildman–Crippen MR) is 67.5 cm³/mol. The summed E-state index contributed by atoms with van der Waals surface area (Å²) in [5, 5.41) is 0. The molecule has 2 aliphatic rings. The van der Waals surface area contributed by atoms with Gasteiger partial charge in [0.05, 0.1) is 5.41 Å². The lowest BCUT2D eigenvalue weighted by atomic mass is 9.69. The van der Waals surface area contributed by atoms with Crippen molar-refractivity contribution in [3.63, 3.8) is 0 Å². The SMILES string of the molecule is CCC1CCCC(OC(=O)C2(CN)CCC2)C1. The van der Waals surface area contributed by atoms with Crippen LogP contribution in [0.3, 0.4) is 0 Å². The molecule has 0 aromatic rings. The molecule has 0 aromatic heterocycles. The van der Waals surface area contributed by atoms with Crippen LogP contribution in [0.25, 0.3) is 0 Å². The second-order valence-electron chi connectivity index (χ2n) is 5.81. The van der Waals surface area contributed by atoms with Gasteiger partial charge < -0.3 is 10.5 Å². The number of esters is 1. The first kappa shape index (κ1) is 12.9. The van der Waals surface area contributed by atoms with Gasteiger partial charge in [0.15, 0.2) is 0 Å². The van der Waals surface area contributed by atoms with Crippen molar-refractivity contribution in [2.24, 2.45) is 17.1 Å². The lowest BCUT2D eigenvalue weighted by molar-refractivity contribution is -0.168. The molecule has 0 radical (unpaired) electrons. The van der Waals surface area contributed by atoms with Crippen molar-refractivity contribution in [1.82, 2.24) is 0 Å². The van der Waals surface area contributed by atoms with E-state index < -0.39 is 0 Å². The van der Waals surface area contributed by atoms with Crippen molar-refractivity contribution in [2.75, 3.05) is 6.54 Å². The standard InChI is InChI=1S/C14H25NO2/c1-2-11-5-3-6-12(9-11)17-13(16)14(10-15)7-4-8-14/h11-12H,2-10,15H2,1H3. The van der Waals surface area contributed by atoms with Crippen LogP contribution in [0.5, 0.6) is 0 Å².